The van der Waals surface area contributed by atoms with Crippen molar-refractivity contribution in [1.82, 2.24) is 20.2 Å². The number of fused-ring (bicyclic) bond motifs is 1. The minimum absolute atomic E-state index is 0.0268. The van der Waals surface area contributed by atoms with Crippen molar-refractivity contribution in [2.24, 2.45) is 0 Å². The van der Waals surface area contributed by atoms with E-state index in [9.17, 15) is 4.79 Å². The quantitative estimate of drug-likeness (QED) is 0.676. The number of amides is 2. The summed E-state index contributed by atoms with van der Waals surface area (Å²) < 4.78 is 0. The smallest absolute Gasteiger partial charge is 0.317 e. The van der Waals surface area contributed by atoms with Crippen molar-refractivity contribution in [1.29, 1.82) is 0 Å². The number of hydrogen-bond donors (Lipinski definition) is 2. The maximum Gasteiger partial charge on any atom is 0.317 e. The zero-order valence-corrected chi connectivity index (χ0v) is 15.3. The molecule has 1 aliphatic heterocycles. The van der Waals surface area contributed by atoms with Gasteiger partial charge in [0, 0.05) is 43.0 Å². The predicted molar refractivity (Wildman–Crippen MR) is 108 cm³/mol. The summed E-state index contributed by atoms with van der Waals surface area (Å²) in [7, 11) is 0. The predicted octanol–water partition coefficient (Wildman–Crippen LogP) is 3.99. The molecule has 0 radical (unpaired) electrons. The molecule has 0 aliphatic carbocycles. The number of H-pyrrole nitrogens is 1. The summed E-state index contributed by atoms with van der Waals surface area (Å²) in [4.78, 5) is 21.8. The third kappa shape index (κ3) is 4.03. The van der Waals surface area contributed by atoms with Crippen LogP contribution in [0.2, 0.25) is 0 Å². The van der Waals surface area contributed by atoms with Crippen LogP contribution < -0.4 is 5.32 Å². The van der Waals surface area contributed by atoms with Crippen LogP contribution in [0.4, 0.5) is 4.79 Å². The number of hydrogen-bond acceptors (Lipinski definition) is 2. The summed E-state index contributed by atoms with van der Waals surface area (Å²) in [6, 6.07) is 14.4. The lowest BCUT2D eigenvalue weighted by Gasteiger charge is -2.26. The Morgan fingerprint density at radius 3 is 2.89 bits per heavy atom. The number of pyridine rings is 1. The maximum absolute atomic E-state index is 12.4. The van der Waals surface area contributed by atoms with E-state index in [2.05, 4.69) is 51.7 Å². The molecular formula is C22H24N4O. The molecule has 2 aromatic heterocycles. The van der Waals surface area contributed by atoms with E-state index in [1.165, 1.54) is 16.7 Å². The molecule has 0 saturated carbocycles. The van der Waals surface area contributed by atoms with Crippen molar-refractivity contribution in [3.8, 4) is 0 Å². The normalized spacial score (nSPS) is 14.2. The lowest BCUT2D eigenvalue weighted by Crippen LogP contribution is -2.42. The third-order valence-corrected chi connectivity index (χ3v) is 5.05. The fourth-order valence-corrected chi connectivity index (χ4v) is 3.56. The number of aryl methyl sites for hydroxylation is 1. The second-order valence-corrected chi connectivity index (χ2v) is 6.85. The Labute approximate surface area is 159 Å². The number of carbonyl (C=O) groups is 1. The SMILES string of the molecule is O=C(NCCCc1ccccc1)N1CC=C(c2c[nH]c3ncccc23)CC1. The molecule has 0 unspecified atom stereocenters. The van der Waals surface area contributed by atoms with Crippen LogP contribution in [0.3, 0.4) is 0 Å². The first-order chi connectivity index (χ1) is 13.3. The van der Waals surface area contributed by atoms with Gasteiger partial charge in [-0.3, -0.25) is 0 Å². The van der Waals surface area contributed by atoms with E-state index < -0.39 is 0 Å². The molecule has 0 fully saturated rings. The van der Waals surface area contributed by atoms with E-state index in [-0.39, 0.29) is 6.03 Å². The average molecular weight is 360 g/mol. The Morgan fingerprint density at radius 2 is 2.07 bits per heavy atom. The summed E-state index contributed by atoms with van der Waals surface area (Å²) in [6.45, 7) is 2.09. The first-order valence-corrected chi connectivity index (χ1v) is 9.49. The molecule has 0 atom stereocenters. The monoisotopic (exact) mass is 360 g/mol. The van der Waals surface area contributed by atoms with Gasteiger partial charge in [0.05, 0.1) is 0 Å². The van der Waals surface area contributed by atoms with Crippen molar-refractivity contribution in [3.63, 3.8) is 0 Å². The highest BCUT2D eigenvalue weighted by atomic mass is 16.2. The van der Waals surface area contributed by atoms with E-state index in [4.69, 9.17) is 0 Å². The van der Waals surface area contributed by atoms with Gasteiger partial charge in [0.25, 0.3) is 0 Å². The van der Waals surface area contributed by atoms with E-state index in [1.54, 1.807) is 6.20 Å². The molecule has 0 saturated heterocycles. The first-order valence-electron chi connectivity index (χ1n) is 9.49. The zero-order chi connectivity index (χ0) is 18.5. The van der Waals surface area contributed by atoms with Gasteiger partial charge < -0.3 is 15.2 Å². The molecule has 0 bridgehead atoms. The number of rotatable bonds is 5. The topological polar surface area (TPSA) is 61.0 Å². The van der Waals surface area contributed by atoms with Gasteiger partial charge in [-0.25, -0.2) is 9.78 Å². The van der Waals surface area contributed by atoms with Crippen molar-refractivity contribution < 1.29 is 4.79 Å². The number of carbonyl (C=O) groups excluding carboxylic acids is 1. The van der Waals surface area contributed by atoms with Crippen LogP contribution in [-0.2, 0) is 6.42 Å². The number of urea groups is 1. The fraction of sp³-hybridized carbons (Fsp3) is 0.273. The van der Waals surface area contributed by atoms with Crippen molar-refractivity contribution in [2.75, 3.05) is 19.6 Å². The van der Waals surface area contributed by atoms with E-state index in [0.29, 0.717) is 13.1 Å². The van der Waals surface area contributed by atoms with Gasteiger partial charge in [0.2, 0.25) is 0 Å². The summed E-state index contributed by atoms with van der Waals surface area (Å²) in [5, 5.41) is 4.18. The number of aromatic amines is 1. The molecule has 4 rings (SSSR count). The Morgan fingerprint density at radius 1 is 1.19 bits per heavy atom. The van der Waals surface area contributed by atoms with Crippen molar-refractivity contribution >= 4 is 22.6 Å². The second-order valence-electron chi connectivity index (χ2n) is 6.85. The molecule has 3 aromatic rings. The summed E-state index contributed by atoms with van der Waals surface area (Å²) in [5.74, 6) is 0. The summed E-state index contributed by atoms with van der Waals surface area (Å²) in [5.41, 5.74) is 4.70. The lowest BCUT2D eigenvalue weighted by atomic mass is 10.00. The summed E-state index contributed by atoms with van der Waals surface area (Å²) >= 11 is 0. The first kappa shape index (κ1) is 17.3. The van der Waals surface area contributed by atoms with Crippen LogP contribution in [0.15, 0.2) is 60.9 Å². The minimum atomic E-state index is 0.0268. The molecule has 1 aliphatic rings. The van der Waals surface area contributed by atoms with E-state index in [0.717, 1.165) is 36.8 Å². The number of nitrogens with one attached hydrogen (secondary N) is 2. The Hall–Kier alpha value is -3.08. The van der Waals surface area contributed by atoms with Crippen molar-refractivity contribution in [2.45, 2.75) is 19.3 Å². The minimum Gasteiger partial charge on any atom is -0.346 e. The van der Waals surface area contributed by atoms with Gasteiger partial charge >= 0.3 is 6.03 Å². The molecule has 0 spiro atoms. The van der Waals surface area contributed by atoms with E-state index in [1.807, 2.05) is 23.2 Å². The molecule has 2 N–H and O–H groups in total. The van der Waals surface area contributed by atoms with Crippen LogP contribution in [0.25, 0.3) is 16.6 Å². The van der Waals surface area contributed by atoms with Gasteiger partial charge in [-0.2, -0.15) is 0 Å². The Kier molecular flexibility index (Phi) is 5.19. The van der Waals surface area contributed by atoms with Gasteiger partial charge in [0.1, 0.15) is 5.65 Å². The standard InChI is InChI=1S/C22H24N4O/c27-22(24-13-4-8-17-6-2-1-3-7-17)26-14-10-18(11-15-26)20-16-25-21-19(20)9-5-12-23-21/h1-3,5-7,9-10,12,16H,4,8,11,13-15H2,(H,23,25)(H,24,27). The Balaban J connectivity index is 1.28. The number of benzene rings is 1. The highest BCUT2D eigenvalue weighted by Crippen LogP contribution is 2.28. The van der Waals surface area contributed by atoms with Crippen molar-refractivity contribution in [3.05, 3.63) is 72.1 Å². The molecule has 5 heteroatoms. The third-order valence-electron chi connectivity index (χ3n) is 5.05. The number of aromatic nitrogens is 2. The zero-order valence-electron chi connectivity index (χ0n) is 15.3. The Bertz CT molecular complexity index is 945. The molecule has 3 heterocycles. The van der Waals surface area contributed by atoms with Gasteiger partial charge in [-0.1, -0.05) is 36.4 Å². The molecular weight excluding hydrogens is 336 g/mol. The molecule has 5 nitrogen and oxygen atoms in total. The highest BCUT2D eigenvalue weighted by molar-refractivity contribution is 5.91. The van der Waals surface area contributed by atoms with E-state index >= 15 is 0 Å². The second kappa shape index (κ2) is 8.08. The van der Waals surface area contributed by atoms with Crippen LogP contribution in [0.1, 0.15) is 24.0 Å². The summed E-state index contributed by atoms with van der Waals surface area (Å²) in [6.07, 6.45) is 8.76. The number of nitrogens with zero attached hydrogens (tertiary/aromatic N) is 2. The van der Waals surface area contributed by atoms with Gasteiger partial charge in [0.15, 0.2) is 0 Å². The molecule has 27 heavy (non-hydrogen) atoms. The van der Waals surface area contributed by atoms with Gasteiger partial charge in [-0.15, -0.1) is 0 Å². The van der Waals surface area contributed by atoms with Crippen LogP contribution in [0, 0.1) is 0 Å². The molecule has 2 amide bonds. The highest BCUT2D eigenvalue weighted by Gasteiger charge is 2.19. The maximum atomic E-state index is 12.4. The van der Waals surface area contributed by atoms with Crippen LogP contribution in [0.5, 0.6) is 0 Å². The fourth-order valence-electron chi connectivity index (χ4n) is 3.56. The van der Waals surface area contributed by atoms with Crippen LogP contribution in [-0.4, -0.2) is 40.5 Å². The molecule has 1 aromatic carbocycles. The van der Waals surface area contributed by atoms with Gasteiger partial charge in [-0.05, 0) is 42.5 Å². The largest absolute Gasteiger partial charge is 0.346 e. The van der Waals surface area contributed by atoms with Crippen LogP contribution >= 0.6 is 0 Å². The molecule has 138 valence electrons. The average Bonchev–Trinajstić information content (AvgIpc) is 3.16. The lowest BCUT2D eigenvalue weighted by molar-refractivity contribution is 0.203.